The minimum Gasteiger partial charge on any atom is -0.497 e. The number of para-hydroxylation sites is 1. The molecule has 0 fully saturated rings. The van der Waals surface area contributed by atoms with Gasteiger partial charge in [0, 0.05) is 25.7 Å². The maximum atomic E-state index is 5.68. The van der Waals surface area contributed by atoms with E-state index < -0.39 is 0 Å². The third-order valence-corrected chi connectivity index (χ3v) is 3.86. The summed E-state index contributed by atoms with van der Waals surface area (Å²) in [6.07, 6.45) is 2.65. The Morgan fingerprint density at radius 2 is 1.88 bits per heavy atom. The van der Waals surface area contributed by atoms with Crippen molar-refractivity contribution in [1.29, 1.82) is 0 Å². The number of benzene rings is 2. The molecule has 0 heterocycles. The average Bonchev–Trinajstić information content (AvgIpc) is 2.70. The van der Waals surface area contributed by atoms with Gasteiger partial charge in [-0.15, -0.1) is 0 Å². The lowest BCUT2D eigenvalue weighted by Crippen LogP contribution is -2.37. The molecule has 0 aliphatic carbocycles. The number of aliphatic imine (C=N–C) groups is 1. The summed E-state index contributed by atoms with van der Waals surface area (Å²) in [6, 6.07) is 16.1. The summed E-state index contributed by atoms with van der Waals surface area (Å²) in [6.45, 7) is 5.60. The summed E-state index contributed by atoms with van der Waals surface area (Å²) in [5, 5.41) is 6.65. The fraction of sp³-hybridized carbons (Fsp3) is 0.286. The molecule has 0 aromatic heterocycles. The number of hydrogen-bond donors (Lipinski definition) is 2. The van der Waals surface area contributed by atoms with Crippen LogP contribution in [0, 0.1) is 0 Å². The molecule has 2 rings (SSSR count). The van der Waals surface area contributed by atoms with Crippen molar-refractivity contribution >= 4 is 5.96 Å². The molecule has 0 amide bonds. The highest BCUT2D eigenvalue weighted by atomic mass is 16.5. The lowest BCUT2D eigenvalue weighted by molar-refractivity contribution is 0.358. The molecular formula is C21H27N3O2. The molecule has 138 valence electrons. The molecule has 5 nitrogen and oxygen atoms in total. The zero-order valence-corrected chi connectivity index (χ0v) is 15.5. The zero-order chi connectivity index (χ0) is 18.6. The molecule has 0 radical (unpaired) electrons. The van der Waals surface area contributed by atoms with Crippen LogP contribution >= 0.6 is 0 Å². The van der Waals surface area contributed by atoms with Crippen LogP contribution in [-0.4, -0.2) is 33.3 Å². The molecule has 0 saturated carbocycles. The van der Waals surface area contributed by atoms with Gasteiger partial charge in [0.15, 0.2) is 5.96 Å². The molecule has 2 N–H and O–H groups in total. The maximum absolute atomic E-state index is 5.68. The number of guanidine groups is 1. The van der Waals surface area contributed by atoms with E-state index >= 15 is 0 Å². The van der Waals surface area contributed by atoms with Crippen LogP contribution in [-0.2, 0) is 13.0 Å². The third-order valence-electron chi connectivity index (χ3n) is 3.86. The van der Waals surface area contributed by atoms with Gasteiger partial charge in [-0.3, -0.25) is 4.99 Å². The van der Waals surface area contributed by atoms with Crippen LogP contribution in [0.5, 0.6) is 11.5 Å². The molecular weight excluding hydrogens is 326 g/mol. The van der Waals surface area contributed by atoms with Crippen LogP contribution in [0.2, 0.25) is 0 Å². The summed E-state index contributed by atoms with van der Waals surface area (Å²) < 4.78 is 10.9. The van der Waals surface area contributed by atoms with Gasteiger partial charge >= 0.3 is 0 Å². The SMILES string of the molecule is C=CCOc1ccccc1CNC(=NC)NCCc1ccc(OC)cc1. The monoisotopic (exact) mass is 353 g/mol. The van der Waals surface area contributed by atoms with Crippen LogP contribution in [0.1, 0.15) is 11.1 Å². The van der Waals surface area contributed by atoms with Crippen molar-refractivity contribution in [3.05, 3.63) is 72.3 Å². The minimum atomic E-state index is 0.492. The fourth-order valence-corrected chi connectivity index (χ4v) is 2.46. The second kappa shape index (κ2) is 10.8. The average molecular weight is 353 g/mol. The van der Waals surface area contributed by atoms with E-state index in [0.29, 0.717) is 13.2 Å². The highest BCUT2D eigenvalue weighted by molar-refractivity contribution is 5.79. The largest absolute Gasteiger partial charge is 0.497 e. The Labute approximate surface area is 155 Å². The van der Waals surface area contributed by atoms with Crippen molar-refractivity contribution in [2.45, 2.75) is 13.0 Å². The van der Waals surface area contributed by atoms with Gasteiger partial charge in [-0.25, -0.2) is 0 Å². The summed E-state index contributed by atoms with van der Waals surface area (Å²) in [5.74, 6) is 2.49. The van der Waals surface area contributed by atoms with Gasteiger partial charge in [-0.2, -0.15) is 0 Å². The van der Waals surface area contributed by atoms with Crippen LogP contribution in [0.15, 0.2) is 66.2 Å². The van der Waals surface area contributed by atoms with Crippen molar-refractivity contribution < 1.29 is 9.47 Å². The van der Waals surface area contributed by atoms with Crippen molar-refractivity contribution in [2.75, 3.05) is 27.3 Å². The standard InChI is InChI=1S/C21H27N3O2/c1-4-15-26-20-8-6-5-7-18(20)16-24-21(22-2)23-14-13-17-9-11-19(25-3)12-10-17/h4-12H,1,13-16H2,2-3H3,(H2,22,23,24). The zero-order valence-electron chi connectivity index (χ0n) is 15.5. The lowest BCUT2D eigenvalue weighted by Gasteiger charge is -2.14. The van der Waals surface area contributed by atoms with Gasteiger partial charge in [-0.1, -0.05) is 43.0 Å². The normalized spacial score (nSPS) is 10.9. The molecule has 0 atom stereocenters. The molecule has 0 aliphatic rings. The second-order valence-corrected chi connectivity index (χ2v) is 5.66. The first kappa shape index (κ1) is 19.4. The Morgan fingerprint density at radius 1 is 1.12 bits per heavy atom. The Morgan fingerprint density at radius 3 is 2.58 bits per heavy atom. The van der Waals surface area contributed by atoms with E-state index in [9.17, 15) is 0 Å². The van der Waals surface area contributed by atoms with E-state index in [4.69, 9.17) is 9.47 Å². The number of hydrogen-bond acceptors (Lipinski definition) is 3. The van der Waals surface area contributed by atoms with E-state index in [2.05, 4.69) is 34.3 Å². The Balaban J connectivity index is 1.81. The fourth-order valence-electron chi connectivity index (χ4n) is 2.46. The first-order chi connectivity index (χ1) is 12.8. The molecule has 0 spiro atoms. The number of nitrogens with one attached hydrogen (secondary N) is 2. The summed E-state index contributed by atoms with van der Waals surface area (Å²) in [7, 11) is 3.44. The minimum absolute atomic E-state index is 0.492. The van der Waals surface area contributed by atoms with Crippen LogP contribution < -0.4 is 20.1 Å². The van der Waals surface area contributed by atoms with Crippen LogP contribution in [0.25, 0.3) is 0 Å². The molecule has 5 heteroatoms. The number of rotatable bonds is 9. The Hall–Kier alpha value is -2.95. The first-order valence-electron chi connectivity index (χ1n) is 8.66. The Kier molecular flexibility index (Phi) is 8.06. The van der Waals surface area contributed by atoms with Crippen LogP contribution in [0.3, 0.4) is 0 Å². The molecule has 0 aliphatic heterocycles. The predicted molar refractivity (Wildman–Crippen MR) is 107 cm³/mol. The molecule has 2 aromatic carbocycles. The second-order valence-electron chi connectivity index (χ2n) is 5.66. The molecule has 0 unspecified atom stereocenters. The smallest absolute Gasteiger partial charge is 0.191 e. The van der Waals surface area contributed by atoms with Gasteiger partial charge in [-0.05, 0) is 30.2 Å². The number of ether oxygens (including phenoxy) is 2. The van der Waals surface area contributed by atoms with Gasteiger partial charge in [0.2, 0.25) is 0 Å². The van der Waals surface area contributed by atoms with E-state index in [-0.39, 0.29) is 0 Å². The predicted octanol–water partition coefficient (Wildman–Crippen LogP) is 3.17. The summed E-state index contributed by atoms with van der Waals surface area (Å²) >= 11 is 0. The Bertz CT molecular complexity index is 711. The molecule has 0 bridgehead atoms. The van der Waals surface area contributed by atoms with Crippen LogP contribution in [0.4, 0.5) is 0 Å². The topological polar surface area (TPSA) is 54.9 Å². The van der Waals surface area contributed by atoms with E-state index in [1.165, 1.54) is 5.56 Å². The van der Waals surface area contributed by atoms with E-state index in [0.717, 1.165) is 36.0 Å². The van der Waals surface area contributed by atoms with Crippen molar-refractivity contribution in [3.63, 3.8) is 0 Å². The first-order valence-corrected chi connectivity index (χ1v) is 8.66. The van der Waals surface area contributed by atoms with E-state index in [1.807, 2.05) is 36.4 Å². The van der Waals surface area contributed by atoms with Gasteiger partial charge in [0.1, 0.15) is 18.1 Å². The molecule has 26 heavy (non-hydrogen) atoms. The van der Waals surface area contributed by atoms with Gasteiger partial charge in [0.05, 0.1) is 7.11 Å². The maximum Gasteiger partial charge on any atom is 0.191 e. The van der Waals surface area contributed by atoms with Crippen molar-refractivity contribution in [2.24, 2.45) is 4.99 Å². The number of methoxy groups -OCH3 is 1. The van der Waals surface area contributed by atoms with Gasteiger partial charge < -0.3 is 20.1 Å². The summed E-state index contributed by atoms with van der Waals surface area (Å²) in [4.78, 5) is 4.27. The highest BCUT2D eigenvalue weighted by Gasteiger charge is 2.04. The van der Waals surface area contributed by atoms with Gasteiger partial charge in [0.25, 0.3) is 0 Å². The van der Waals surface area contributed by atoms with E-state index in [1.54, 1.807) is 20.2 Å². The quantitative estimate of drug-likeness (QED) is 0.413. The summed E-state index contributed by atoms with van der Waals surface area (Å²) in [5.41, 5.74) is 2.32. The molecule has 2 aromatic rings. The lowest BCUT2D eigenvalue weighted by atomic mass is 10.1. The molecule has 0 saturated heterocycles. The van der Waals surface area contributed by atoms with Crippen molar-refractivity contribution in [3.8, 4) is 11.5 Å². The third kappa shape index (κ3) is 6.16. The number of nitrogens with zero attached hydrogens (tertiary/aromatic N) is 1. The highest BCUT2D eigenvalue weighted by Crippen LogP contribution is 2.17. The van der Waals surface area contributed by atoms with Crippen molar-refractivity contribution in [1.82, 2.24) is 10.6 Å².